The molecule has 20 heavy (non-hydrogen) atoms. The summed E-state index contributed by atoms with van der Waals surface area (Å²) >= 11 is 0. The second-order valence-corrected chi connectivity index (χ2v) is 6.48. The number of hydrogen-bond acceptors (Lipinski definition) is 5. The number of sulfonamides is 1. The Balaban J connectivity index is 1.68. The Hall–Kier alpha value is -2.15. The van der Waals surface area contributed by atoms with Crippen LogP contribution in [0.3, 0.4) is 0 Å². The zero-order chi connectivity index (χ0) is 14.0. The number of rotatable bonds is 5. The summed E-state index contributed by atoms with van der Waals surface area (Å²) in [6, 6.07) is 9.30. The SMILES string of the molecule is O=S(=O)(Nc1cnc(Oc2ccccc2)nc1)C1CC1. The molecule has 1 fully saturated rings. The number of nitrogens with one attached hydrogen (secondary N) is 1. The van der Waals surface area contributed by atoms with Gasteiger partial charge in [-0.15, -0.1) is 0 Å². The second kappa shape index (κ2) is 5.09. The van der Waals surface area contributed by atoms with Gasteiger partial charge in [0, 0.05) is 0 Å². The van der Waals surface area contributed by atoms with E-state index in [9.17, 15) is 8.42 Å². The van der Waals surface area contributed by atoms with E-state index in [4.69, 9.17) is 4.74 Å². The van der Waals surface area contributed by atoms with Gasteiger partial charge in [-0.3, -0.25) is 4.72 Å². The van der Waals surface area contributed by atoms with E-state index in [-0.39, 0.29) is 11.3 Å². The van der Waals surface area contributed by atoms with Crippen molar-refractivity contribution in [3.8, 4) is 11.8 Å². The molecule has 3 rings (SSSR count). The number of anilines is 1. The van der Waals surface area contributed by atoms with Crippen LogP contribution in [0, 0.1) is 0 Å². The third-order valence-corrected chi connectivity index (χ3v) is 4.67. The molecule has 1 aromatic carbocycles. The van der Waals surface area contributed by atoms with Gasteiger partial charge in [-0.25, -0.2) is 18.4 Å². The largest absolute Gasteiger partial charge is 0.424 e. The van der Waals surface area contributed by atoms with Crippen molar-refractivity contribution in [2.24, 2.45) is 0 Å². The molecule has 1 saturated carbocycles. The Labute approximate surface area is 116 Å². The van der Waals surface area contributed by atoms with E-state index >= 15 is 0 Å². The van der Waals surface area contributed by atoms with Crippen LogP contribution in [0.15, 0.2) is 42.7 Å². The van der Waals surface area contributed by atoms with Crippen LogP contribution in [0.4, 0.5) is 5.69 Å². The van der Waals surface area contributed by atoms with Crippen LogP contribution in [0.5, 0.6) is 11.8 Å². The first kappa shape index (κ1) is 12.9. The molecule has 0 amide bonds. The number of hydrogen-bond donors (Lipinski definition) is 1. The van der Waals surface area contributed by atoms with Crippen molar-refractivity contribution in [3.63, 3.8) is 0 Å². The van der Waals surface area contributed by atoms with E-state index in [0.29, 0.717) is 24.3 Å². The molecule has 7 heteroatoms. The van der Waals surface area contributed by atoms with E-state index in [0.717, 1.165) is 0 Å². The average molecular weight is 291 g/mol. The lowest BCUT2D eigenvalue weighted by atomic mass is 10.3. The molecule has 6 nitrogen and oxygen atoms in total. The fourth-order valence-corrected chi connectivity index (χ4v) is 3.00. The molecule has 0 unspecified atom stereocenters. The van der Waals surface area contributed by atoms with Gasteiger partial charge in [-0.1, -0.05) is 18.2 Å². The standard InChI is InChI=1S/C13H13N3O3S/c17-20(18,12-6-7-12)16-10-8-14-13(15-9-10)19-11-4-2-1-3-5-11/h1-5,8-9,12,16H,6-7H2. The number of ether oxygens (including phenoxy) is 1. The Kier molecular flexibility index (Phi) is 3.27. The Morgan fingerprint density at radius 1 is 1.10 bits per heavy atom. The van der Waals surface area contributed by atoms with E-state index < -0.39 is 10.0 Å². The Morgan fingerprint density at radius 2 is 1.75 bits per heavy atom. The molecular weight excluding hydrogens is 278 g/mol. The summed E-state index contributed by atoms with van der Waals surface area (Å²) in [6.45, 7) is 0. The topological polar surface area (TPSA) is 81.2 Å². The maximum absolute atomic E-state index is 11.7. The molecule has 104 valence electrons. The molecule has 0 atom stereocenters. The lowest BCUT2D eigenvalue weighted by molar-refractivity contribution is 0.442. The van der Waals surface area contributed by atoms with E-state index in [1.807, 2.05) is 18.2 Å². The first-order valence-corrected chi connectivity index (χ1v) is 7.75. The van der Waals surface area contributed by atoms with Crippen molar-refractivity contribution in [2.45, 2.75) is 18.1 Å². The minimum Gasteiger partial charge on any atom is -0.424 e. The van der Waals surface area contributed by atoms with Crippen molar-refractivity contribution < 1.29 is 13.2 Å². The summed E-state index contributed by atoms with van der Waals surface area (Å²) in [7, 11) is -3.28. The second-order valence-electron chi connectivity index (χ2n) is 4.52. The molecule has 0 radical (unpaired) electrons. The number of para-hydroxylation sites is 1. The van der Waals surface area contributed by atoms with Crippen LogP contribution >= 0.6 is 0 Å². The highest BCUT2D eigenvalue weighted by molar-refractivity contribution is 7.93. The summed E-state index contributed by atoms with van der Waals surface area (Å²) in [5.74, 6) is 0.624. The third-order valence-electron chi connectivity index (χ3n) is 2.80. The molecule has 0 bridgehead atoms. The van der Waals surface area contributed by atoms with Gasteiger partial charge in [0.15, 0.2) is 0 Å². The van der Waals surface area contributed by atoms with Crippen LogP contribution in [0.25, 0.3) is 0 Å². The van der Waals surface area contributed by atoms with Gasteiger partial charge in [0.1, 0.15) is 5.75 Å². The molecule has 1 heterocycles. The fraction of sp³-hybridized carbons (Fsp3) is 0.231. The van der Waals surface area contributed by atoms with E-state index in [2.05, 4.69) is 14.7 Å². The summed E-state index contributed by atoms with van der Waals surface area (Å²) in [5.41, 5.74) is 0.345. The van der Waals surface area contributed by atoms with Gasteiger partial charge in [-0.05, 0) is 25.0 Å². The Bertz CT molecular complexity index is 683. The number of aromatic nitrogens is 2. The van der Waals surface area contributed by atoms with Gasteiger partial charge in [-0.2, -0.15) is 0 Å². The van der Waals surface area contributed by atoms with E-state index in [1.165, 1.54) is 12.4 Å². The first-order valence-electron chi connectivity index (χ1n) is 6.20. The highest BCUT2D eigenvalue weighted by Gasteiger charge is 2.35. The van der Waals surface area contributed by atoms with Gasteiger partial charge in [0.2, 0.25) is 10.0 Å². The number of nitrogens with zero attached hydrogens (tertiary/aromatic N) is 2. The van der Waals surface area contributed by atoms with Gasteiger partial charge >= 0.3 is 6.01 Å². The lowest BCUT2D eigenvalue weighted by Gasteiger charge is -2.07. The van der Waals surface area contributed by atoms with Gasteiger partial charge in [0.25, 0.3) is 0 Å². The van der Waals surface area contributed by atoms with Crippen molar-refractivity contribution in [2.75, 3.05) is 4.72 Å². The fourth-order valence-electron chi connectivity index (χ4n) is 1.64. The number of benzene rings is 1. The monoisotopic (exact) mass is 291 g/mol. The van der Waals surface area contributed by atoms with Crippen molar-refractivity contribution in [1.29, 1.82) is 0 Å². The molecule has 1 aliphatic rings. The minimum atomic E-state index is -3.28. The van der Waals surface area contributed by atoms with E-state index in [1.54, 1.807) is 12.1 Å². The smallest absolute Gasteiger partial charge is 0.322 e. The van der Waals surface area contributed by atoms with Crippen molar-refractivity contribution >= 4 is 15.7 Å². The average Bonchev–Trinajstić information content (AvgIpc) is 3.27. The molecule has 0 aliphatic heterocycles. The van der Waals surface area contributed by atoms with Gasteiger partial charge < -0.3 is 4.74 Å². The molecule has 1 aromatic heterocycles. The normalized spacial score (nSPS) is 14.8. The first-order chi connectivity index (χ1) is 9.63. The lowest BCUT2D eigenvalue weighted by Crippen LogP contribution is -2.17. The van der Waals surface area contributed by atoms with Crippen LogP contribution in [-0.2, 0) is 10.0 Å². The molecule has 0 saturated heterocycles. The zero-order valence-corrected chi connectivity index (χ0v) is 11.4. The van der Waals surface area contributed by atoms with Crippen LogP contribution in [0.1, 0.15) is 12.8 Å². The maximum atomic E-state index is 11.7. The van der Waals surface area contributed by atoms with Crippen molar-refractivity contribution in [3.05, 3.63) is 42.7 Å². The van der Waals surface area contributed by atoms with Crippen molar-refractivity contribution in [1.82, 2.24) is 9.97 Å². The van der Waals surface area contributed by atoms with Crippen LogP contribution in [0.2, 0.25) is 0 Å². The summed E-state index contributed by atoms with van der Waals surface area (Å²) < 4.78 is 31.4. The quantitative estimate of drug-likeness (QED) is 0.913. The maximum Gasteiger partial charge on any atom is 0.322 e. The minimum absolute atomic E-state index is 0.172. The molecule has 0 spiro atoms. The Morgan fingerprint density at radius 3 is 2.35 bits per heavy atom. The predicted octanol–water partition coefficient (Wildman–Crippen LogP) is 2.17. The highest BCUT2D eigenvalue weighted by atomic mass is 32.2. The molecule has 1 aliphatic carbocycles. The van der Waals surface area contributed by atoms with Crippen LogP contribution < -0.4 is 9.46 Å². The molecular formula is C13H13N3O3S. The zero-order valence-electron chi connectivity index (χ0n) is 10.6. The third kappa shape index (κ3) is 3.05. The van der Waals surface area contributed by atoms with Gasteiger partial charge in [0.05, 0.1) is 23.3 Å². The predicted molar refractivity (Wildman–Crippen MR) is 74.1 cm³/mol. The van der Waals surface area contributed by atoms with Crippen LogP contribution in [-0.4, -0.2) is 23.6 Å². The molecule has 2 aromatic rings. The highest BCUT2D eigenvalue weighted by Crippen LogP contribution is 2.29. The summed E-state index contributed by atoms with van der Waals surface area (Å²) in [5, 5.41) is -0.275. The molecule has 1 N–H and O–H groups in total. The summed E-state index contributed by atoms with van der Waals surface area (Å²) in [4.78, 5) is 7.96. The summed E-state index contributed by atoms with van der Waals surface area (Å²) in [6.07, 6.45) is 4.22.